The molecule has 2 aromatic carbocycles. The van der Waals surface area contributed by atoms with Crippen molar-refractivity contribution in [2.24, 2.45) is 0 Å². The van der Waals surface area contributed by atoms with Crippen molar-refractivity contribution in [3.05, 3.63) is 68.9 Å². The zero-order valence-corrected chi connectivity index (χ0v) is 12.8. The van der Waals surface area contributed by atoms with Crippen LogP contribution in [0.2, 0.25) is 5.02 Å². The highest BCUT2D eigenvalue weighted by molar-refractivity contribution is 9.10. The lowest BCUT2D eigenvalue weighted by atomic mass is 10.1. The van der Waals surface area contributed by atoms with Crippen molar-refractivity contribution in [1.29, 1.82) is 0 Å². The van der Waals surface area contributed by atoms with Gasteiger partial charge in [-0.15, -0.1) is 0 Å². The maximum Gasteiger partial charge on any atom is 0.127 e. The Morgan fingerprint density at radius 2 is 2.00 bits per heavy atom. The average Bonchev–Trinajstić information content (AvgIpc) is 2.38. The van der Waals surface area contributed by atoms with E-state index in [-0.39, 0.29) is 11.9 Å². The fourth-order valence-corrected chi connectivity index (χ4v) is 2.60. The number of hydrogen-bond donors (Lipinski definition) is 1. The molecule has 2 aromatic rings. The van der Waals surface area contributed by atoms with Gasteiger partial charge in [0, 0.05) is 27.6 Å². The van der Waals surface area contributed by atoms with Crippen LogP contribution in [0.15, 0.2) is 46.9 Å². The van der Waals surface area contributed by atoms with Crippen molar-refractivity contribution in [1.82, 2.24) is 5.32 Å². The summed E-state index contributed by atoms with van der Waals surface area (Å²) in [5, 5.41) is 3.97. The molecule has 1 N–H and O–H groups in total. The van der Waals surface area contributed by atoms with Crippen LogP contribution < -0.4 is 5.32 Å². The van der Waals surface area contributed by atoms with Gasteiger partial charge in [0.05, 0.1) is 0 Å². The second kappa shape index (κ2) is 6.51. The lowest BCUT2D eigenvalue weighted by Gasteiger charge is -2.15. The Labute approximate surface area is 125 Å². The van der Waals surface area contributed by atoms with Crippen molar-refractivity contribution in [2.45, 2.75) is 19.5 Å². The Kier molecular flexibility index (Phi) is 4.97. The third-order valence-electron chi connectivity index (χ3n) is 2.99. The zero-order chi connectivity index (χ0) is 13.8. The van der Waals surface area contributed by atoms with Crippen LogP contribution in [0.4, 0.5) is 4.39 Å². The minimum Gasteiger partial charge on any atom is -0.306 e. The summed E-state index contributed by atoms with van der Waals surface area (Å²) in [5.74, 6) is -0.190. The van der Waals surface area contributed by atoms with Gasteiger partial charge in [-0.25, -0.2) is 4.39 Å². The zero-order valence-electron chi connectivity index (χ0n) is 10.5. The molecule has 2 rings (SSSR count). The van der Waals surface area contributed by atoms with E-state index in [2.05, 4.69) is 21.2 Å². The molecule has 1 unspecified atom stereocenters. The van der Waals surface area contributed by atoms with Crippen LogP contribution in [0.3, 0.4) is 0 Å². The van der Waals surface area contributed by atoms with E-state index in [9.17, 15) is 4.39 Å². The highest BCUT2D eigenvalue weighted by atomic mass is 79.9. The van der Waals surface area contributed by atoms with Gasteiger partial charge in [-0.3, -0.25) is 0 Å². The van der Waals surface area contributed by atoms with E-state index in [4.69, 9.17) is 11.6 Å². The minimum atomic E-state index is -0.190. The summed E-state index contributed by atoms with van der Waals surface area (Å²) in [6.07, 6.45) is 0. The number of rotatable bonds is 4. The topological polar surface area (TPSA) is 12.0 Å². The normalized spacial score (nSPS) is 12.4. The van der Waals surface area contributed by atoms with Crippen molar-refractivity contribution >= 4 is 27.5 Å². The summed E-state index contributed by atoms with van der Waals surface area (Å²) in [6, 6.07) is 12.5. The average molecular weight is 343 g/mol. The molecular formula is C15H14BrClFN. The van der Waals surface area contributed by atoms with E-state index >= 15 is 0 Å². The van der Waals surface area contributed by atoms with Gasteiger partial charge in [0.25, 0.3) is 0 Å². The van der Waals surface area contributed by atoms with Crippen LogP contribution >= 0.6 is 27.5 Å². The van der Waals surface area contributed by atoms with E-state index in [1.165, 1.54) is 6.07 Å². The van der Waals surface area contributed by atoms with E-state index in [1.54, 1.807) is 12.1 Å². The van der Waals surface area contributed by atoms with Crippen LogP contribution in [-0.2, 0) is 6.54 Å². The van der Waals surface area contributed by atoms with Crippen LogP contribution in [0.25, 0.3) is 0 Å². The molecule has 0 heterocycles. The monoisotopic (exact) mass is 341 g/mol. The molecule has 0 aromatic heterocycles. The lowest BCUT2D eigenvalue weighted by Crippen LogP contribution is -2.19. The van der Waals surface area contributed by atoms with Crippen LogP contribution in [0.5, 0.6) is 0 Å². The second-order valence-electron chi connectivity index (χ2n) is 4.36. The number of benzene rings is 2. The summed E-state index contributed by atoms with van der Waals surface area (Å²) in [4.78, 5) is 0. The molecule has 100 valence electrons. The van der Waals surface area contributed by atoms with Gasteiger partial charge < -0.3 is 5.32 Å². The Morgan fingerprint density at radius 3 is 2.68 bits per heavy atom. The maximum absolute atomic E-state index is 13.6. The van der Waals surface area contributed by atoms with Gasteiger partial charge in [-0.1, -0.05) is 51.8 Å². The summed E-state index contributed by atoms with van der Waals surface area (Å²) >= 11 is 9.51. The predicted octanol–water partition coefficient (Wildman–Crippen LogP) is 5.09. The smallest absolute Gasteiger partial charge is 0.127 e. The largest absolute Gasteiger partial charge is 0.306 e. The van der Waals surface area contributed by atoms with Crippen LogP contribution in [0, 0.1) is 5.82 Å². The molecular weight excluding hydrogens is 329 g/mol. The predicted molar refractivity (Wildman–Crippen MR) is 80.8 cm³/mol. The Bertz CT molecular complexity index is 574. The van der Waals surface area contributed by atoms with Gasteiger partial charge in [0.15, 0.2) is 0 Å². The van der Waals surface area contributed by atoms with Crippen LogP contribution in [0.1, 0.15) is 24.1 Å². The molecule has 0 aliphatic rings. The molecule has 0 saturated heterocycles. The summed E-state index contributed by atoms with van der Waals surface area (Å²) in [5.41, 5.74) is 1.66. The molecule has 0 spiro atoms. The molecule has 0 bridgehead atoms. The molecule has 0 saturated carbocycles. The van der Waals surface area contributed by atoms with E-state index in [1.807, 2.05) is 31.2 Å². The fraction of sp³-hybridized carbons (Fsp3) is 0.200. The third-order valence-corrected chi connectivity index (χ3v) is 3.83. The summed E-state index contributed by atoms with van der Waals surface area (Å²) in [7, 11) is 0. The van der Waals surface area contributed by atoms with Gasteiger partial charge in [0.2, 0.25) is 0 Å². The Hall–Kier alpha value is -0.900. The molecule has 4 heteroatoms. The molecule has 0 aliphatic carbocycles. The standard InChI is InChI=1S/C15H14BrClFN/c1-10(13-4-2-3-5-15(13)18)19-9-11-6-7-12(16)8-14(11)17/h2-8,10,19H,9H2,1H3. The third kappa shape index (κ3) is 3.78. The first-order valence-electron chi connectivity index (χ1n) is 5.99. The molecule has 0 radical (unpaired) electrons. The maximum atomic E-state index is 13.6. The molecule has 0 aliphatic heterocycles. The second-order valence-corrected chi connectivity index (χ2v) is 5.68. The van der Waals surface area contributed by atoms with E-state index in [0.29, 0.717) is 17.1 Å². The number of nitrogens with one attached hydrogen (secondary N) is 1. The van der Waals surface area contributed by atoms with Crippen LogP contribution in [-0.4, -0.2) is 0 Å². The number of halogens is 3. The minimum absolute atomic E-state index is 0.0686. The first-order chi connectivity index (χ1) is 9.08. The van der Waals surface area contributed by atoms with Gasteiger partial charge in [-0.2, -0.15) is 0 Å². The molecule has 1 nitrogen and oxygen atoms in total. The van der Waals surface area contributed by atoms with E-state index < -0.39 is 0 Å². The van der Waals surface area contributed by atoms with Crippen molar-refractivity contribution in [3.8, 4) is 0 Å². The lowest BCUT2D eigenvalue weighted by molar-refractivity contribution is 0.528. The Balaban J connectivity index is 2.04. The summed E-state index contributed by atoms with van der Waals surface area (Å²) in [6.45, 7) is 2.53. The van der Waals surface area contributed by atoms with E-state index in [0.717, 1.165) is 10.0 Å². The summed E-state index contributed by atoms with van der Waals surface area (Å²) < 4.78 is 14.6. The quantitative estimate of drug-likeness (QED) is 0.816. The number of hydrogen-bond acceptors (Lipinski definition) is 1. The molecule has 19 heavy (non-hydrogen) atoms. The van der Waals surface area contributed by atoms with Gasteiger partial charge in [0.1, 0.15) is 5.82 Å². The molecule has 1 atom stereocenters. The van der Waals surface area contributed by atoms with Crippen molar-refractivity contribution < 1.29 is 4.39 Å². The SMILES string of the molecule is CC(NCc1ccc(Br)cc1Cl)c1ccccc1F. The molecule has 0 amide bonds. The highest BCUT2D eigenvalue weighted by Gasteiger charge is 2.10. The van der Waals surface area contributed by atoms with Crippen molar-refractivity contribution in [2.75, 3.05) is 0 Å². The van der Waals surface area contributed by atoms with Crippen molar-refractivity contribution in [3.63, 3.8) is 0 Å². The first-order valence-corrected chi connectivity index (χ1v) is 7.17. The fourth-order valence-electron chi connectivity index (χ4n) is 1.86. The van der Waals surface area contributed by atoms with Gasteiger partial charge >= 0.3 is 0 Å². The Morgan fingerprint density at radius 1 is 1.26 bits per heavy atom. The molecule has 0 fully saturated rings. The highest BCUT2D eigenvalue weighted by Crippen LogP contribution is 2.22. The first kappa shape index (κ1) is 14.5. The van der Waals surface area contributed by atoms with Gasteiger partial charge in [-0.05, 0) is 30.7 Å².